The minimum atomic E-state index is -0.499. The van der Waals surface area contributed by atoms with Gasteiger partial charge in [0.1, 0.15) is 0 Å². The maximum absolute atomic E-state index is 11.3. The van der Waals surface area contributed by atoms with E-state index in [0.29, 0.717) is 24.1 Å². The van der Waals surface area contributed by atoms with Crippen LogP contribution in [0.25, 0.3) is 0 Å². The second-order valence-electron chi connectivity index (χ2n) is 4.65. The number of carbonyl (C=O) groups is 1. The lowest BCUT2D eigenvalue weighted by atomic mass is 10.1. The molecule has 108 valence electrons. The van der Waals surface area contributed by atoms with Gasteiger partial charge in [-0.2, -0.15) is 0 Å². The number of non-ortho nitro benzene ring substituents is 1. The third-order valence-electron chi connectivity index (χ3n) is 3.36. The molecular weight excluding hydrogens is 268 g/mol. The van der Waals surface area contributed by atoms with Crippen LogP contribution in [0.4, 0.5) is 17.1 Å². The van der Waals surface area contributed by atoms with Crippen molar-refractivity contribution in [2.75, 3.05) is 11.4 Å². The Morgan fingerprint density at radius 2 is 1.90 bits per heavy atom. The molecule has 5 heteroatoms. The van der Waals surface area contributed by atoms with E-state index >= 15 is 0 Å². The van der Waals surface area contributed by atoms with E-state index in [1.54, 1.807) is 6.07 Å². The van der Waals surface area contributed by atoms with Gasteiger partial charge in [-0.3, -0.25) is 14.9 Å². The van der Waals surface area contributed by atoms with Crippen molar-refractivity contribution < 1.29 is 9.72 Å². The zero-order valence-corrected chi connectivity index (χ0v) is 11.9. The maximum Gasteiger partial charge on any atom is 0.270 e. The average Bonchev–Trinajstić information content (AvgIpc) is 2.49. The molecule has 0 aromatic heterocycles. The van der Waals surface area contributed by atoms with Gasteiger partial charge in [-0.1, -0.05) is 18.2 Å². The zero-order chi connectivity index (χ0) is 15.4. The second-order valence-corrected chi connectivity index (χ2v) is 4.65. The van der Waals surface area contributed by atoms with Crippen LogP contribution in [-0.4, -0.2) is 17.8 Å². The van der Waals surface area contributed by atoms with Gasteiger partial charge in [-0.25, -0.2) is 0 Å². The fourth-order valence-corrected chi connectivity index (χ4v) is 2.33. The van der Waals surface area contributed by atoms with Crippen molar-refractivity contribution in [3.63, 3.8) is 0 Å². The summed E-state index contributed by atoms with van der Waals surface area (Å²) in [5.41, 5.74) is 2.97. The van der Waals surface area contributed by atoms with Crippen molar-refractivity contribution in [1.29, 1.82) is 0 Å². The number of para-hydroxylation sites is 1. The van der Waals surface area contributed by atoms with Crippen molar-refractivity contribution in [3.05, 3.63) is 63.7 Å². The van der Waals surface area contributed by atoms with Crippen LogP contribution in [0.5, 0.6) is 0 Å². The lowest BCUT2D eigenvalue weighted by molar-refractivity contribution is -0.384. The molecule has 0 atom stereocenters. The molecule has 0 fully saturated rings. The minimum absolute atomic E-state index is 0.0818. The van der Waals surface area contributed by atoms with Gasteiger partial charge in [-0.05, 0) is 31.5 Å². The average molecular weight is 284 g/mol. The van der Waals surface area contributed by atoms with E-state index in [1.165, 1.54) is 12.1 Å². The summed E-state index contributed by atoms with van der Waals surface area (Å²) < 4.78 is 0. The Kier molecular flexibility index (Phi) is 4.33. The Morgan fingerprint density at radius 3 is 2.48 bits per heavy atom. The summed E-state index contributed by atoms with van der Waals surface area (Å²) in [4.78, 5) is 23.6. The Morgan fingerprint density at radius 1 is 1.19 bits per heavy atom. The quantitative estimate of drug-likeness (QED) is 0.475. The molecule has 21 heavy (non-hydrogen) atoms. The summed E-state index contributed by atoms with van der Waals surface area (Å²) in [6.45, 7) is 4.62. The molecule has 2 rings (SSSR count). The summed E-state index contributed by atoms with van der Waals surface area (Å²) in [5, 5.41) is 10.8. The van der Waals surface area contributed by atoms with Crippen molar-refractivity contribution in [1.82, 2.24) is 0 Å². The molecule has 0 aliphatic rings. The monoisotopic (exact) mass is 284 g/mol. The van der Waals surface area contributed by atoms with Gasteiger partial charge < -0.3 is 4.90 Å². The Labute approximate surface area is 123 Å². The summed E-state index contributed by atoms with van der Waals surface area (Å²) in [6, 6.07) is 12.2. The number of aldehydes is 1. The molecule has 0 saturated heterocycles. The number of aryl methyl sites for hydroxylation is 1. The maximum atomic E-state index is 11.3. The van der Waals surface area contributed by atoms with E-state index in [0.717, 1.165) is 11.3 Å². The van der Waals surface area contributed by atoms with Crippen molar-refractivity contribution >= 4 is 23.3 Å². The summed E-state index contributed by atoms with van der Waals surface area (Å²) in [5.74, 6) is 0. The highest BCUT2D eigenvalue weighted by molar-refractivity contribution is 5.88. The van der Waals surface area contributed by atoms with E-state index in [-0.39, 0.29) is 5.69 Å². The fraction of sp³-hybridized carbons (Fsp3) is 0.188. The molecule has 0 spiro atoms. The molecule has 0 heterocycles. The number of carbonyl (C=O) groups excluding carboxylic acids is 1. The van der Waals surface area contributed by atoms with Crippen LogP contribution >= 0.6 is 0 Å². The number of rotatable bonds is 5. The SMILES string of the molecule is CCN(c1ccccc1C)c1ccc([N+](=O)[O-])cc1C=O. The number of hydrogen-bond donors (Lipinski definition) is 0. The number of nitro benzene ring substituents is 1. The first-order chi connectivity index (χ1) is 10.1. The van der Waals surface area contributed by atoms with Crippen LogP contribution in [0.3, 0.4) is 0 Å². The normalized spacial score (nSPS) is 10.2. The van der Waals surface area contributed by atoms with Crippen molar-refractivity contribution in [2.24, 2.45) is 0 Å². The molecule has 0 bridgehead atoms. The third kappa shape index (κ3) is 2.91. The lowest BCUT2D eigenvalue weighted by Crippen LogP contribution is -2.18. The Hall–Kier alpha value is -2.69. The van der Waals surface area contributed by atoms with E-state index in [2.05, 4.69) is 0 Å². The van der Waals surface area contributed by atoms with E-state index < -0.39 is 4.92 Å². The highest BCUT2D eigenvalue weighted by atomic mass is 16.6. The predicted octanol–water partition coefficient (Wildman–Crippen LogP) is 3.87. The first-order valence-corrected chi connectivity index (χ1v) is 6.65. The fourth-order valence-electron chi connectivity index (χ4n) is 2.33. The first kappa shape index (κ1) is 14.7. The topological polar surface area (TPSA) is 63.4 Å². The molecule has 0 saturated carbocycles. The highest BCUT2D eigenvalue weighted by Gasteiger charge is 2.16. The predicted molar refractivity (Wildman–Crippen MR) is 82.3 cm³/mol. The van der Waals surface area contributed by atoms with E-state index in [1.807, 2.05) is 43.0 Å². The molecule has 0 unspecified atom stereocenters. The molecule has 0 amide bonds. The minimum Gasteiger partial charge on any atom is -0.341 e. The number of nitro groups is 1. The van der Waals surface area contributed by atoms with Crippen LogP contribution in [0.15, 0.2) is 42.5 Å². The molecule has 0 aliphatic carbocycles. The molecule has 0 radical (unpaired) electrons. The van der Waals surface area contributed by atoms with Crippen LogP contribution in [0, 0.1) is 17.0 Å². The van der Waals surface area contributed by atoms with Crippen molar-refractivity contribution in [2.45, 2.75) is 13.8 Å². The molecule has 0 N–H and O–H groups in total. The summed E-state index contributed by atoms with van der Waals surface area (Å²) >= 11 is 0. The summed E-state index contributed by atoms with van der Waals surface area (Å²) in [6.07, 6.45) is 0.656. The van der Waals surface area contributed by atoms with Gasteiger partial charge in [0.25, 0.3) is 5.69 Å². The standard InChI is InChI=1S/C16H16N2O3/c1-3-17(15-7-5-4-6-12(15)2)16-9-8-14(18(20)21)10-13(16)11-19/h4-11H,3H2,1-2H3. The van der Waals surface area contributed by atoms with E-state index in [9.17, 15) is 14.9 Å². The lowest BCUT2D eigenvalue weighted by Gasteiger charge is -2.26. The van der Waals surface area contributed by atoms with Crippen LogP contribution in [0.1, 0.15) is 22.8 Å². The van der Waals surface area contributed by atoms with E-state index in [4.69, 9.17) is 0 Å². The third-order valence-corrected chi connectivity index (χ3v) is 3.36. The smallest absolute Gasteiger partial charge is 0.270 e. The zero-order valence-electron chi connectivity index (χ0n) is 11.9. The summed E-state index contributed by atoms with van der Waals surface area (Å²) in [7, 11) is 0. The number of nitrogens with zero attached hydrogens (tertiary/aromatic N) is 2. The van der Waals surface area contributed by atoms with Gasteiger partial charge in [0.05, 0.1) is 10.6 Å². The van der Waals surface area contributed by atoms with Crippen LogP contribution in [0.2, 0.25) is 0 Å². The van der Waals surface area contributed by atoms with Gasteiger partial charge in [0.15, 0.2) is 6.29 Å². The van der Waals surface area contributed by atoms with Gasteiger partial charge in [0.2, 0.25) is 0 Å². The number of anilines is 2. The second kappa shape index (κ2) is 6.17. The van der Waals surface area contributed by atoms with Gasteiger partial charge >= 0.3 is 0 Å². The Balaban J connectivity index is 2.55. The molecule has 2 aromatic rings. The van der Waals surface area contributed by atoms with Crippen molar-refractivity contribution in [3.8, 4) is 0 Å². The highest BCUT2D eigenvalue weighted by Crippen LogP contribution is 2.31. The Bertz CT molecular complexity index is 683. The largest absolute Gasteiger partial charge is 0.341 e. The first-order valence-electron chi connectivity index (χ1n) is 6.65. The van der Waals surface area contributed by atoms with Gasteiger partial charge in [-0.15, -0.1) is 0 Å². The van der Waals surface area contributed by atoms with Crippen LogP contribution in [-0.2, 0) is 0 Å². The molecular formula is C16H16N2O3. The van der Waals surface area contributed by atoms with Gasteiger partial charge in [0, 0.05) is 29.9 Å². The van der Waals surface area contributed by atoms with Crippen LogP contribution < -0.4 is 4.90 Å². The molecule has 5 nitrogen and oxygen atoms in total. The molecule has 2 aromatic carbocycles. The number of hydrogen-bond acceptors (Lipinski definition) is 4. The molecule has 0 aliphatic heterocycles. The number of benzene rings is 2.